The van der Waals surface area contributed by atoms with Gasteiger partial charge in [0.25, 0.3) is 5.91 Å². The molecule has 0 saturated carbocycles. The second-order valence-electron chi connectivity index (χ2n) is 4.96. The van der Waals surface area contributed by atoms with Gasteiger partial charge >= 0.3 is 0 Å². The lowest BCUT2D eigenvalue weighted by atomic mass is 10.1. The number of likely N-dealkylation sites (tertiary alicyclic amines) is 1. The minimum atomic E-state index is -0.0402. The van der Waals surface area contributed by atoms with E-state index in [1.165, 1.54) is 0 Å². The minimum absolute atomic E-state index is 0.0174. The van der Waals surface area contributed by atoms with E-state index in [1.54, 1.807) is 35.6 Å². The fourth-order valence-corrected chi connectivity index (χ4v) is 2.21. The van der Waals surface area contributed by atoms with Crippen molar-refractivity contribution in [1.29, 1.82) is 0 Å². The smallest absolute Gasteiger partial charge is 0.255 e. The highest BCUT2D eigenvalue weighted by atomic mass is 16.5. The molecule has 0 bridgehead atoms. The summed E-state index contributed by atoms with van der Waals surface area (Å²) in [6, 6.07) is 7.12. The summed E-state index contributed by atoms with van der Waals surface area (Å²) in [7, 11) is 0. The van der Waals surface area contributed by atoms with Gasteiger partial charge in [-0.05, 0) is 25.1 Å². The van der Waals surface area contributed by atoms with E-state index in [0.29, 0.717) is 31.1 Å². The number of nitrogens with zero attached hydrogens (tertiary/aromatic N) is 3. The summed E-state index contributed by atoms with van der Waals surface area (Å²) >= 11 is 0. The van der Waals surface area contributed by atoms with Gasteiger partial charge < -0.3 is 14.4 Å². The molecular weight excluding hydrogens is 282 g/mol. The highest BCUT2D eigenvalue weighted by Crippen LogP contribution is 2.19. The number of rotatable bonds is 5. The van der Waals surface area contributed by atoms with Crippen molar-refractivity contribution in [3.8, 4) is 11.6 Å². The van der Waals surface area contributed by atoms with Crippen molar-refractivity contribution in [3.05, 3.63) is 48.4 Å². The molecule has 3 heterocycles. The summed E-state index contributed by atoms with van der Waals surface area (Å²) in [5.41, 5.74) is 0.559. The molecule has 0 radical (unpaired) electrons. The highest BCUT2D eigenvalue weighted by Gasteiger charge is 2.32. The predicted molar refractivity (Wildman–Crippen MR) is 80.0 cm³/mol. The van der Waals surface area contributed by atoms with Crippen LogP contribution in [-0.2, 0) is 0 Å². The summed E-state index contributed by atoms with van der Waals surface area (Å²) < 4.78 is 11.0. The van der Waals surface area contributed by atoms with Gasteiger partial charge in [0.1, 0.15) is 11.9 Å². The number of hydrogen-bond donors (Lipinski definition) is 0. The number of amides is 1. The minimum Gasteiger partial charge on any atom is -0.485 e. The van der Waals surface area contributed by atoms with E-state index in [0.717, 1.165) is 5.75 Å². The standard InChI is InChI=1S/C16H17N3O3/c1-2-21-15-6-5-12(8-18-15)16(20)19-10-14(11-19)22-13-4-3-7-17-9-13/h3-9,14H,2,10-11H2,1H3. The Balaban J connectivity index is 1.52. The third-order valence-electron chi connectivity index (χ3n) is 3.35. The molecule has 22 heavy (non-hydrogen) atoms. The monoisotopic (exact) mass is 299 g/mol. The van der Waals surface area contributed by atoms with Gasteiger partial charge in [0.2, 0.25) is 5.88 Å². The van der Waals surface area contributed by atoms with E-state index in [-0.39, 0.29) is 12.0 Å². The molecule has 1 fully saturated rings. The number of ether oxygens (including phenoxy) is 2. The van der Waals surface area contributed by atoms with Crippen LogP contribution in [0.25, 0.3) is 0 Å². The predicted octanol–water partition coefficient (Wildman–Crippen LogP) is 1.78. The Bertz CT molecular complexity index is 625. The molecule has 6 nitrogen and oxygen atoms in total. The van der Waals surface area contributed by atoms with Crippen LogP contribution >= 0.6 is 0 Å². The normalized spacial score (nSPS) is 14.3. The molecule has 3 rings (SSSR count). The zero-order valence-electron chi connectivity index (χ0n) is 12.3. The van der Waals surface area contributed by atoms with Gasteiger partial charge in [-0.1, -0.05) is 0 Å². The molecule has 0 aliphatic carbocycles. The first kappa shape index (κ1) is 14.3. The van der Waals surface area contributed by atoms with Crippen molar-refractivity contribution in [2.24, 2.45) is 0 Å². The lowest BCUT2D eigenvalue weighted by molar-refractivity contribution is 0.0176. The maximum absolute atomic E-state index is 12.3. The molecule has 0 unspecified atom stereocenters. The van der Waals surface area contributed by atoms with Crippen molar-refractivity contribution < 1.29 is 14.3 Å². The van der Waals surface area contributed by atoms with Crippen LogP contribution < -0.4 is 9.47 Å². The Kier molecular flexibility index (Phi) is 4.18. The van der Waals surface area contributed by atoms with Crippen LogP contribution in [0.5, 0.6) is 11.6 Å². The second kappa shape index (κ2) is 6.43. The number of hydrogen-bond acceptors (Lipinski definition) is 5. The molecule has 2 aromatic heterocycles. The molecule has 0 atom stereocenters. The maximum atomic E-state index is 12.3. The van der Waals surface area contributed by atoms with Crippen LogP contribution in [-0.4, -0.2) is 46.6 Å². The summed E-state index contributed by atoms with van der Waals surface area (Å²) in [5.74, 6) is 1.21. The lowest BCUT2D eigenvalue weighted by Crippen LogP contribution is -2.56. The number of carbonyl (C=O) groups excluding carboxylic acids is 1. The van der Waals surface area contributed by atoms with Gasteiger partial charge in [-0.25, -0.2) is 4.98 Å². The van der Waals surface area contributed by atoms with Gasteiger partial charge in [0, 0.05) is 18.5 Å². The summed E-state index contributed by atoms with van der Waals surface area (Å²) in [6.07, 6.45) is 4.93. The van der Waals surface area contributed by atoms with Gasteiger partial charge in [0.15, 0.2) is 0 Å². The average molecular weight is 299 g/mol. The molecule has 1 aliphatic rings. The first-order valence-corrected chi connectivity index (χ1v) is 7.21. The second-order valence-corrected chi connectivity index (χ2v) is 4.96. The van der Waals surface area contributed by atoms with E-state index >= 15 is 0 Å². The largest absolute Gasteiger partial charge is 0.485 e. The van der Waals surface area contributed by atoms with Gasteiger partial charge in [-0.15, -0.1) is 0 Å². The van der Waals surface area contributed by atoms with Crippen LogP contribution in [0.15, 0.2) is 42.9 Å². The van der Waals surface area contributed by atoms with Crippen molar-refractivity contribution >= 4 is 5.91 Å². The summed E-state index contributed by atoms with van der Waals surface area (Å²) in [5, 5.41) is 0. The molecule has 0 spiro atoms. The van der Waals surface area contributed by atoms with Crippen LogP contribution in [0.2, 0.25) is 0 Å². The van der Waals surface area contributed by atoms with Gasteiger partial charge in [0.05, 0.1) is 31.5 Å². The fraction of sp³-hybridized carbons (Fsp3) is 0.312. The first-order chi connectivity index (χ1) is 10.8. The number of aromatic nitrogens is 2. The Labute approximate surface area is 128 Å². The quantitative estimate of drug-likeness (QED) is 0.842. The lowest BCUT2D eigenvalue weighted by Gasteiger charge is -2.38. The van der Waals surface area contributed by atoms with E-state index in [9.17, 15) is 4.79 Å². The molecule has 0 aromatic carbocycles. The summed E-state index contributed by atoms with van der Waals surface area (Å²) in [6.45, 7) is 3.59. The molecule has 1 amide bonds. The van der Waals surface area contributed by atoms with Crippen LogP contribution in [0.1, 0.15) is 17.3 Å². The van der Waals surface area contributed by atoms with E-state index in [1.807, 2.05) is 19.1 Å². The molecule has 1 saturated heterocycles. The Morgan fingerprint density at radius 3 is 2.82 bits per heavy atom. The van der Waals surface area contributed by atoms with E-state index < -0.39 is 0 Å². The van der Waals surface area contributed by atoms with Crippen molar-refractivity contribution in [2.45, 2.75) is 13.0 Å². The van der Waals surface area contributed by atoms with Crippen LogP contribution in [0, 0.1) is 0 Å². The first-order valence-electron chi connectivity index (χ1n) is 7.21. The van der Waals surface area contributed by atoms with E-state index in [2.05, 4.69) is 9.97 Å². The summed E-state index contributed by atoms with van der Waals surface area (Å²) in [4.78, 5) is 22.1. The zero-order valence-corrected chi connectivity index (χ0v) is 12.3. The van der Waals surface area contributed by atoms with Gasteiger partial charge in [-0.3, -0.25) is 9.78 Å². The van der Waals surface area contributed by atoms with E-state index in [4.69, 9.17) is 9.47 Å². The molecular formula is C16H17N3O3. The number of carbonyl (C=O) groups is 1. The number of pyridine rings is 2. The van der Waals surface area contributed by atoms with Crippen molar-refractivity contribution in [1.82, 2.24) is 14.9 Å². The Hall–Kier alpha value is -2.63. The van der Waals surface area contributed by atoms with Crippen LogP contribution in [0.3, 0.4) is 0 Å². The molecule has 2 aromatic rings. The van der Waals surface area contributed by atoms with Crippen molar-refractivity contribution in [2.75, 3.05) is 19.7 Å². The fourth-order valence-electron chi connectivity index (χ4n) is 2.21. The molecule has 6 heteroatoms. The SMILES string of the molecule is CCOc1ccc(C(=O)N2CC(Oc3cccnc3)C2)cn1. The molecule has 114 valence electrons. The third-order valence-corrected chi connectivity index (χ3v) is 3.35. The maximum Gasteiger partial charge on any atom is 0.255 e. The topological polar surface area (TPSA) is 64.5 Å². The third kappa shape index (κ3) is 3.16. The Morgan fingerprint density at radius 2 is 2.18 bits per heavy atom. The van der Waals surface area contributed by atoms with Crippen LogP contribution in [0.4, 0.5) is 0 Å². The van der Waals surface area contributed by atoms with Crippen molar-refractivity contribution in [3.63, 3.8) is 0 Å². The molecule has 1 aliphatic heterocycles. The Morgan fingerprint density at radius 1 is 1.32 bits per heavy atom. The van der Waals surface area contributed by atoms with Gasteiger partial charge in [-0.2, -0.15) is 0 Å². The zero-order chi connectivity index (χ0) is 15.4. The highest BCUT2D eigenvalue weighted by molar-refractivity contribution is 5.94. The molecule has 0 N–H and O–H groups in total. The average Bonchev–Trinajstić information content (AvgIpc) is 2.52.